The second-order valence-electron chi connectivity index (χ2n) is 5.96. The molecule has 0 fully saturated rings. The third-order valence-electron chi connectivity index (χ3n) is 3.85. The van der Waals surface area contributed by atoms with Crippen molar-refractivity contribution in [2.45, 2.75) is 24.6 Å². The average Bonchev–Trinajstić information content (AvgIpc) is 2.76. The van der Waals surface area contributed by atoms with Gasteiger partial charge in [0, 0.05) is 11.0 Å². The van der Waals surface area contributed by atoms with Crippen molar-refractivity contribution in [2.24, 2.45) is 0 Å². The van der Waals surface area contributed by atoms with Crippen molar-refractivity contribution in [3.63, 3.8) is 0 Å². The number of halogens is 3. The van der Waals surface area contributed by atoms with Gasteiger partial charge in [0.05, 0.1) is 16.5 Å². The van der Waals surface area contributed by atoms with Crippen LogP contribution in [0.3, 0.4) is 0 Å². The lowest BCUT2D eigenvalue weighted by Gasteiger charge is -2.17. The van der Waals surface area contributed by atoms with E-state index >= 15 is 0 Å². The monoisotopic (exact) mass is 368 g/mol. The zero-order chi connectivity index (χ0) is 15.2. The van der Waals surface area contributed by atoms with Crippen LogP contribution in [0.25, 0.3) is 0 Å². The summed E-state index contributed by atoms with van der Waals surface area (Å²) in [7, 11) is 0. The van der Waals surface area contributed by atoms with E-state index in [1.165, 1.54) is 11.6 Å². The molecule has 1 nitrogen and oxygen atoms in total. The molecular formula is C17H15BrClFO. The molecule has 0 radical (unpaired) electrons. The van der Waals surface area contributed by atoms with Gasteiger partial charge in [-0.15, -0.1) is 11.6 Å². The maximum Gasteiger partial charge on any atom is 0.137 e. The zero-order valence-corrected chi connectivity index (χ0v) is 14.1. The van der Waals surface area contributed by atoms with Crippen molar-refractivity contribution in [1.82, 2.24) is 0 Å². The molecule has 3 rings (SSSR count). The molecule has 1 heterocycles. The van der Waals surface area contributed by atoms with E-state index in [0.717, 1.165) is 16.9 Å². The minimum atomic E-state index is -0.316. The van der Waals surface area contributed by atoms with Crippen LogP contribution in [0.2, 0.25) is 0 Å². The normalized spacial score (nSPS) is 17.2. The molecule has 2 aromatic rings. The third kappa shape index (κ3) is 2.69. The van der Waals surface area contributed by atoms with Crippen LogP contribution in [-0.2, 0) is 5.41 Å². The summed E-state index contributed by atoms with van der Waals surface area (Å²) in [6, 6.07) is 10.9. The Morgan fingerprint density at radius 1 is 1.19 bits per heavy atom. The summed E-state index contributed by atoms with van der Waals surface area (Å²) in [5.41, 5.74) is 3.02. The van der Waals surface area contributed by atoms with E-state index in [0.29, 0.717) is 11.1 Å². The lowest BCUT2D eigenvalue weighted by Crippen LogP contribution is -2.18. The van der Waals surface area contributed by atoms with Gasteiger partial charge in [-0.2, -0.15) is 0 Å². The molecule has 0 saturated carbocycles. The summed E-state index contributed by atoms with van der Waals surface area (Å²) >= 11 is 9.77. The first-order chi connectivity index (χ1) is 9.88. The third-order valence-corrected chi connectivity index (χ3v) is 4.96. The number of alkyl halides is 1. The van der Waals surface area contributed by atoms with Gasteiger partial charge in [-0.1, -0.05) is 26.0 Å². The van der Waals surface area contributed by atoms with Crippen LogP contribution in [0.1, 0.15) is 35.9 Å². The molecular weight excluding hydrogens is 355 g/mol. The van der Waals surface area contributed by atoms with Gasteiger partial charge in [0.2, 0.25) is 0 Å². The molecule has 2 aromatic carbocycles. The van der Waals surface area contributed by atoms with E-state index < -0.39 is 0 Å². The average molecular weight is 370 g/mol. The first kappa shape index (κ1) is 14.9. The van der Waals surface area contributed by atoms with Crippen LogP contribution in [0.15, 0.2) is 40.9 Å². The van der Waals surface area contributed by atoms with Crippen molar-refractivity contribution in [3.8, 4) is 5.75 Å². The van der Waals surface area contributed by atoms with E-state index in [4.69, 9.17) is 16.3 Å². The molecule has 0 aliphatic carbocycles. The zero-order valence-electron chi connectivity index (χ0n) is 11.8. The number of rotatable bonds is 2. The van der Waals surface area contributed by atoms with Crippen molar-refractivity contribution < 1.29 is 9.13 Å². The summed E-state index contributed by atoms with van der Waals surface area (Å²) in [4.78, 5) is 0. The highest BCUT2D eigenvalue weighted by molar-refractivity contribution is 9.10. The van der Waals surface area contributed by atoms with Crippen LogP contribution in [0, 0.1) is 5.82 Å². The highest BCUT2D eigenvalue weighted by Crippen LogP contribution is 2.41. The van der Waals surface area contributed by atoms with Crippen molar-refractivity contribution in [1.29, 1.82) is 0 Å². The molecule has 4 heteroatoms. The number of fused-ring (bicyclic) bond motifs is 1. The van der Waals surface area contributed by atoms with Gasteiger partial charge >= 0.3 is 0 Å². The lowest BCUT2D eigenvalue weighted by atomic mass is 9.85. The predicted octanol–water partition coefficient (Wildman–Crippen LogP) is 5.59. The largest absolute Gasteiger partial charge is 0.492 e. The first-order valence-electron chi connectivity index (χ1n) is 6.75. The molecule has 0 aromatic heterocycles. The molecule has 0 bridgehead atoms. The summed E-state index contributed by atoms with van der Waals surface area (Å²) in [5, 5.41) is -0.316. The topological polar surface area (TPSA) is 9.23 Å². The van der Waals surface area contributed by atoms with E-state index in [2.05, 4.69) is 35.8 Å². The molecule has 1 aliphatic heterocycles. The van der Waals surface area contributed by atoms with Crippen LogP contribution in [-0.4, -0.2) is 6.61 Å². The maximum absolute atomic E-state index is 13.3. The SMILES string of the molecule is CC1(C)COc2ccc(C(Cl)c3ccc(F)c(Br)c3)cc21. The van der Waals surface area contributed by atoms with Crippen LogP contribution in [0.5, 0.6) is 5.75 Å². The minimum absolute atomic E-state index is 0.00860. The molecule has 0 N–H and O–H groups in total. The highest BCUT2D eigenvalue weighted by Gasteiger charge is 2.32. The van der Waals surface area contributed by atoms with Gasteiger partial charge in [0.15, 0.2) is 0 Å². The van der Waals surface area contributed by atoms with E-state index in [9.17, 15) is 4.39 Å². The Kier molecular flexibility index (Phi) is 3.74. The van der Waals surface area contributed by atoms with E-state index in [1.54, 1.807) is 12.1 Å². The molecule has 1 aliphatic rings. The smallest absolute Gasteiger partial charge is 0.137 e. The van der Waals surface area contributed by atoms with Gasteiger partial charge < -0.3 is 4.74 Å². The van der Waals surface area contributed by atoms with E-state index in [1.807, 2.05) is 12.1 Å². The number of hydrogen-bond acceptors (Lipinski definition) is 1. The fourth-order valence-corrected chi connectivity index (χ4v) is 3.23. The van der Waals surface area contributed by atoms with Crippen LogP contribution in [0.4, 0.5) is 4.39 Å². The number of hydrogen-bond donors (Lipinski definition) is 0. The van der Waals surface area contributed by atoms with Gasteiger partial charge in [-0.25, -0.2) is 4.39 Å². The minimum Gasteiger partial charge on any atom is -0.492 e. The molecule has 0 spiro atoms. The Balaban J connectivity index is 1.99. The van der Waals surface area contributed by atoms with Gasteiger partial charge in [0.1, 0.15) is 11.6 Å². The Hall–Kier alpha value is -1.06. The Labute approximate surface area is 137 Å². The molecule has 110 valence electrons. The quantitative estimate of drug-likeness (QED) is 0.627. The molecule has 1 unspecified atom stereocenters. The lowest BCUT2D eigenvalue weighted by molar-refractivity contribution is 0.291. The molecule has 0 saturated heterocycles. The van der Waals surface area contributed by atoms with Crippen LogP contribution < -0.4 is 4.74 Å². The molecule has 21 heavy (non-hydrogen) atoms. The van der Waals surface area contributed by atoms with Crippen LogP contribution >= 0.6 is 27.5 Å². The summed E-state index contributed by atoms with van der Waals surface area (Å²) in [6.07, 6.45) is 0. The first-order valence-corrected chi connectivity index (χ1v) is 7.98. The predicted molar refractivity (Wildman–Crippen MR) is 86.8 cm³/mol. The standard InChI is InChI=1S/C17H15BrClFO/c1-17(2)9-21-15-6-4-10(7-12(15)17)16(19)11-3-5-14(20)13(18)8-11/h3-8,16H,9H2,1-2H3. The maximum atomic E-state index is 13.3. The fourth-order valence-electron chi connectivity index (χ4n) is 2.56. The summed E-state index contributed by atoms with van der Waals surface area (Å²) < 4.78 is 19.5. The second kappa shape index (κ2) is 5.29. The van der Waals surface area contributed by atoms with Gasteiger partial charge in [-0.05, 0) is 51.3 Å². The van der Waals surface area contributed by atoms with Gasteiger partial charge in [0.25, 0.3) is 0 Å². The summed E-state index contributed by atoms with van der Waals surface area (Å²) in [6.45, 7) is 4.99. The Bertz CT molecular complexity index is 699. The fraction of sp³-hybridized carbons (Fsp3) is 0.294. The summed E-state index contributed by atoms with van der Waals surface area (Å²) in [5.74, 6) is 0.638. The number of ether oxygens (including phenoxy) is 1. The van der Waals surface area contributed by atoms with Gasteiger partial charge in [-0.3, -0.25) is 0 Å². The van der Waals surface area contributed by atoms with Crippen molar-refractivity contribution in [2.75, 3.05) is 6.61 Å². The Morgan fingerprint density at radius 3 is 2.57 bits per heavy atom. The molecule has 1 atom stereocenters. The van der Waals surface area contributed by atoms with Crippen molar-refractivity contribution >= 4 is 27.5 Å². The second-order valence-corrected chi connectivity index (χ2v) is 7.26. The molecule has 0 amide bonds. The van der Waals surface area contributed by atoms with Crippen molar-refractivity contribution in [3.05, 3.63) is 63.4 Å². The Morgan fingerprint density at radius 2 is 1.86 bits per heavy atom. The highest BCUT2D eigenvalue weighted by atomic mass is 79.9. The number of benzene rings is 2. The van der Waals surface area contributed by atoms with E-state index in [-0.39, 0.29) is 16.6 Å².